The summed E-state index contributed by atoms with van der Waals surface area (Å²) in [5.74, 6) is 2.82. The number of aromatic amines is 1. The molecule has 0 unspecified atom stereocenters. The van der Waals surface area contributed by atoms with Crippen molar-refractivity contribution in [2.24, 2.45) is 0 Å². The number of carbonyl (C=O) groups is 1. The first-order valence-electron chi connectivity index (χ1n) is 11.0. The Morgan fingerprint density at radius 1 is 0.912 bits per heavy atom. The SMILES string of the molecule is COc1ccc(-c2[nH]c3ccccc3c2SCCNC(=O)Cc2ccc(OC)c(OC)c2)cc1. The molecule has 0 spiro atoms. The van der Waals surface area contributed by atoms with E-state index in [9.17, 15) is 4.79 Å². The lowest BCUT2D eigenvalue weighted by Crippen LogP contribution is -2.27. The van der Waals surface area contributed by atoms with Crippen LogP contribution in [0.15, 0.2) is 71.6 Å². The summed E-state index contributed by atoms with van der Waals surface area (Å²) in [5, 5.41) is 4.20. The first-order chi connectivity index (χ1) is 16.6. The molecule has 0 bridgehead atoms. The van der Waals surface area contributed by atoms with E-state index in [-0.39, 0.29) is 12.3 Å². The van der Waals surface area contributed by atoms with E-state index in [0.29, 0.717) is 18.0 Å². The highest BCUT2D eigenvalue weighted by molar-refractivity contribution is 7.99. The minimum atomic E-state index is -0.0258. The molecular weight excluding hydrogens is 448 g/mol. The number of nitrogens with one attached hydrogen (secondary N) is 2. The maximum absolute atomic E-state index is 12.5. The van der Waals surface area contributed by atoms with Gasteiger partial charge in [0.15, 0.2) is 11.5 Å². The van der Waals surface area contributed by atoms with E-state index in [1.165, 1.54) is 10.3 Å². The summed E-state index contributed by atoms with van der Waals surface area (Å²) < 4.78 is 15.9. The standard InChI is InChI=1S/C27H28N2O4S/c1-31-20-11-9-19(10-12-20)26-27(21-6-4-5-7-22(21)29-26)34-15-14-28-25(30)17-18-8-13-23(32-2)24(16-18)33-3/h4-13,16,29H,14-15,17H2,1-3H3,(H,28,30). The van der Waals surface area contributed by atoms with E-state index in [0.717, 1.165) is 33.8 Å². The highest BCUT2D eigenvalue weighted by Gasteiger charge is 2.14. The quantitative estimate of drug-likeness (QED) is 0.240. The van der Waals surface area contributed by atoms with E-state index in [2.05, 4.69) is 34.6 Å². The molecule has 3 aromatic carbocycles. The number of methoxy groups -OCH3 is 3. The Bertz CT molecular complexity index is 1270. The summed E-state index contributed by atoms with van der Waals surface area (Å²) >= 11 is 1.73. The monoisotopic (exact) mass is 476 g/mol. The van der Waals surface area contributed by atoms with Gasteiger partial charge in [0.25, 0.3) is 0 Å². The molecule has 7 heteroatoms. The largest absolute Gasteiger partial charge is 0.497 e. The lowest BCUT2D eigenvalue weighted by atomic mass is 10.1. The van der Waals surface area contributed by atoms with E-state index in [1.54, 1.807) is 33.1 Å². The zero-order valence-corrected chi connectivity index (χ0v) is 20.3. The van der Waals surface area contributed by atoms with Gasteiger partial charge in [-0.3, -0.25) is 4.79 Å². The van der Waals surface area contributed by atoms with Crippen molar-refractivity contribution in [3.8, 4) is 28.5 Å². The Kier molecular flexibility index (Phi) is 7.65. The van der Waals surface area contributed by atoms with Crippen molar-refractivity contribution in [3.05, 3.63) is 72.3 Å². The first-order valence-corrected chi connectivity index (χ1v) is 12.0. The van der Waals surface area contributed by atoms with Gasteiger partial charge in [-0.2, -0.15) is 0 Å². The fourth-order valence-electron chi connectivity index (χ4n) is 3.81. The summed E-state index contributed by atoms with van der Waals surface area (Å²) in [4.78, 5) is 17.2. The third kappa shape index (κ3) is 5.31. The fraction of sp³-hybridized carbons (Fsp3) is 0.222. The summed E-state index contributed by atoms with van der Waals surface area (Å²) in [7, 11) is 4.85. The van der Waals surface area contributed by atoms with E-state index in [4.69, 9.17) is 14.2 Å². The average molecular weight is 477 g/mol. The van der Waals surface area contributed by atoms with Gasteiger partial charge in [-0.1, -0.05) is 24.3 Å². The zero-order chi connectivity index (χ0) is 23.9. The number of benzene rings is 3. The molecule has 1 amide bonds. The number of hydrogen-bond acceptors (Lipinski definition) is 5. The molecule has 0 saturated heterocycles. The van der Waals surface area contributed by atoms with Crippen molar-refractivity contribution >= 4 is 28.6 Å². The molecule has 2 N–H and O–H groups in total. The second-order valence-corrected chi connectivity index (χ2v) is 8.77. The molecule has 0 fully saturated rings. The average Bonchev–Trinajstić information content (AvgIpc) is 3.25. The van der Waals surface area contributed by atoms with Crippen LogP contribution < -0.4 is 19.5 Å². The van der Waals surface area contributed by atoms with Crippen LogP contribution in [0.4, 0.5) is 0 Å². The molecule has 1 heterocycles. The minimum Gasteiger partial charge on any atom is -0.497 e. The normalized spacial score (nSPS) is 10.8. The predicted molar refractivity (Wildman–Crippen MR) is 137 cm³/mol. The van der Waals surface area contributed by atoms with Crippen molar-refractivity contribution in [1.82, 2.24) is 10.3 Å². The minimum absolute atomic E-state index is 0.0258. The molecule has 0 atom stereocenters. The van der Waals surface area contributed by atoms with Crippen LogP contribution in [0.5, 0.6) is 17.2 Å². The van der Waals surface area contributed by atoms with Gasteiger partial charge < -0.3 is 24.5 Å². The molecule has 0 saturated carbocycles. The molecule has 0 aliphatic rings. The third-order valence-electron chi connectivity index (χ3n) is 5.52. The Morgan fingerprint density at radius 2 is 1.68 bits per heavy atom. The van der Waals surface area contributed by atoms with Crippen LogP contribution in [0, 0.1) is 0 Å². The summed E-state index contributed by atoms with van der Waals surface area (Å²) in [6.07, 6.45) is 0.287. The zero-order valence-electron chi connectivity index (χ0n) is 19.5. The fourth-order valence-corrected chi connectivity index (χ4v) is 4.86. The number of ether oxygens (including phenoxy) is 3. The molecule has 176 valence electrons. The lowest BCUT2D eigenvalue weighted by Gasteiger charge is -2.10. The Hall–Kier alpha value is -3.58. The number of para-hydroxylation sites is 1. The van der Waals surface area contributed by atoms with Crippen molar-refractivity contribution in [2.45, 2.75) is 11.3 Å². The second kappa shape index (κ2) is 11.0. The number of fused-ring (bicyclic) bond motifs is 1. The number of hydrogen-bond donors (Lipinski definition) is 2. The maximum Gasteiger partial charge on any atom is 0.224 e. The molecule has 0 radical (unpaired) electrons. The Balaban J connectivity index is 1.40. The van der Waals surface area contributed by atoms with Gasteiger partial charge in [0.05, 0.1) is 33.4 Å². The van der Waals surface area contributed by atoms with E-state index in [1.807, 2.05) is 42.5 Å². The smallest absolute Gasteiger partial charge is 0.224 e. The summed E-state index contributed by atoms with van der Waals surface area (Å²) in [6, 6.07) is 21.8. The van der Waals surface area contributed by atoms with Gasteiger partial charge in [0.1, 0.15) is 5.75 Å². The summed E-state index contributed by atoms with van der Waals surface area (Å²) in [5.41, 5.74) is 4.14. The molecule has 4 aromatic rings. The van der Waals surface area contributed by atoms with Crippen molar-refractivity contribution in [1.29, 1.82) is 0 Å². The van der Waals surface area contributed by atoms with Crippen LogP contribution in [0.25, 0.3) is 22.2 Å². The first kappa shape index (κ1) is 23.6. The summed E-state index contributed by atoms with van der Waals surface area (Å²) in [6.45, 7) is 0.568. The topological polar surface area (TPSA) is 72.6 Å². The highest BCUT2D eigenvalue weighted by atomic mass is 32.2. The molecule has 1 aromatic heterocycles. The molecule has 4 rings (SSSR count). The Morgan fingerprint density at radius 3 is 2.41 bits per heavy atom. The van der Waals surface area contributed by atoms with E-state index >= 15 is 0 Å². The molecule has 0 aliphatic heterocycles. The third-order valence-corrected chi connectivity index (χ3v) is 6.64. The van der Waals surface area contributed by atoms with Crippen LogP contribution >= 0.6 is 11.8 Å². The van der Waals surface area contributed by atoms with Crippen LogP contribution in [0.1, 0.15) is 5.56 Å². The highest BCUT2D eigenvalue weighted by Crippen LogP contribution is 2.38. The number of carbonyl (C=O) groups excluding carboxylic acids is 1. The number of amides is 1. The molecular formula is C27H28N2O4S. The number of H-pyrrole nitrogens is 1. The maximum atomic E-state index is 12.5. The van der Waals surface area contributed by atoms with Crippen LogP contribution in [-0.4, -0.2) is 44.5 Å². The predicted octanol–water partition coefficient (Wildman–Crippen LogP) is 5.31. The molecule has 6 nitrogen and oxygen atoms in total. The van der Waals surface area contributed by atoms with Crippen molar-refractivity contribution in [3.63, 3.8) is 0 Å². The Labute approximate surface area is 203 Å². The lowest BCUT2D eigenvalue weighted by molar-refractivity contribution is -0.120. The van der Waals surface area contributed by atoms with Crippen LogP contribution in [0.2, 0.25) is 0 Å². The number of thioether (sulfide) groups is 1. The van der Waals surface area contributed by atoms with Crippen LogP contribution in [0.3, 0.4) is 0 Å². The van der Waals surface area contributed by atoms with E-state index < -0.39 is 0 Å². The molecule has 34 heavy (non-hydrogen) atoms. The van der Waals surface area contributed by atoms with Gasteiger partial charge in [0.2, 0.25) is 5.91 Å². The van der Waals surface area contributed by atoms with Gasteiger partial charge in [0, 0.05) is 28.1 Å². The van der Waals surface area contributed by atoms with Crippen molar-refractivity contribution in [2.75, 3.05) is 33.6 Å². The molecule has 0 aliphatic carbocycles. The van der Waals surface area contributed by atoms with Gasteiger partial charge >= 0.3 is 0 Å². The van der Waals surface area contributed by atoms with Gasteiger partial charge in [-0.25, -0.2) is 0 Å². The number of rotatable bonds is 10. The second-order valence-electron chi connectivity index (χ2n) is 7.67. The van der Waals surface area contributed by atoms with Crippen molar-refractivity contribution < 1.29 is 19.0 Å². The van der Waals surface area contributed by atoms with Crippen LogP contribution in [-0.2, 0) is 11.2 Å². The van der Waals surface area contributed by atoms with Gasteiger partial charge in [-0.05, 0) is 53.6 Å². The number of aromatic nitrogens is 1. The van der Waals surface area contributed by atoms with Gasteiger partial charge in [-0.15, -0.1) is 11.8 Å².